The standard InChI is InChI=1S/C54H60ClN7O8.C2H6/c1-32-29-60(46(64)31-69-44-19-11-16-39-40(44)30-62(52(39)66)42-22-23-45(63)56-51(42)65)25-24-59(32)26-27-61-49-38(20-21-41(55)48(49)47-33(2)57-58(7)34(47)3)37(50(61)53(67)70-54(4,5)6)17-12-28-68-43-18-10-14-35-13-8-9-15-36(35)43;1-2/h8-11,13-16,18-21,32,42H,12,17,22-31H2,1-7H3,(H,56,63,65);1-2H3. The summed E-state index contributed by atoms with van der Waals surface area (Å²) in [5.74, 6) is -0.533. The van der Waals surface area contributed by atoms with Crippen LogP contribution in [0.5, 0.6) is 11.5 Å². The Morgan fingerprint density at radius 2 is 1.61 bits per heavy atom. The van der Waals surface area contributed by atoms with Crippen LogP contribution in [0.15, 0.2) is 72.8 Å². The van der Waals surface area contributed by atoms with Crippen LogP contribution in [-0.2, 0) is 45.7 Å². The van der Waals surface area contributed by atoms with Crippen molar-refractivity contribution in [1.29, 1.82) is 0 Å². The Bertz CT molecular complexity index is 3060. The molecule has 6 aromatic rings. The van der Waals surface area contributed by atoms with Crippen LogP contribution in [0.4, 0.5) is 0 Å². The van der Waals surface area contributed by atoms with Gasteiger partial charge in [0.15, 0.2) is 6.61 Å². The molecule has 0 spiro atoms. The number of hydrogen-bond acceptors (Lipinski definition) is 10. The number of fused-ring (bicyclic) bond motifs is 3. The minimum absolute atomic E-state index is 0.0401. The molecular formula is C56H66ClN7O8. The summed E-state index contributed by atoms with van der Waals surface area (Å²) in [5.41, 5.74) is 5.94. The van der Waals surface area contributed by atoms with E-state index in [1.165, 1.54) is 4.90 Å². The predicted molar refractivity (Wildman–Crippen MR) is 279 cm³/mol. The average Bonchev–Trinajstić information content (AvgIpc) is 3.95. The average molecular weight is 1000 g/mol. The van der Waals surface area contributed by atoms with E-state index >= 15 is 0 Å². The molecule has 2 saturated heterocycles. The Kier molecular flexibility index (Phi) is 15.5. The number of amides is 4. The highest BCUT2D eigenvalue weighted by Gasteiger charge is 2.40. The molecule has 0 bridgehead atoms. The lowest BCUT2D eigenvalue weighted by molar-refractivity contribution is -0.137. The fraction of sp³-hybridized carbons (Fsp3) is 0.429. The van der Waals surface area contributed by atoms with Gasteiger partial charge in [-0.3, -0.25) is 34.1 Å². The summed E-state index contributed by atoms with van der Waals surface area (Å²) in [6, 6.07) is 22.4. The number of aryl methyl sites for hydroxylation is 3. The molecule has 15 nitrogen and oxygen atoms in total. The Morgan fingerprint density at radius 3 is 2.33 bits per heavy atom. The third kappa shape index (κ3) is 10.5. The number of piperazine rings is 1. The van der Waals surface area contributed by atoms with E-state index in [4.69, 9.17) is 30.9 Å². The maximum atomic E-state index is 14.7. The maximum Gasteiger partial charge on any atom is 0.355 e. The Hall–Kier alpha value is -6.71. The number of halogens is 1. The van der Waals surface area contributed by atoms with Crippen LogP contribution in [0.1, 0.15) is 104 Å². The number of piperidine rings is 1. The molecule has 3 aliphatic heterocycles. The third-order valence-corrected chi connectivity index (χ3v) is 14.1. The van der Waals surface area contributed by atoms with Gasteiger partial charge in [-0.1, -0.05) is 74.0 Å². The quantitative estimate of drug-likeness (QED) is 0.0636. The van der Waals surface area contributed by atoms with Crippen molar-refractivity contribution in [3.63, 3.8) is 0 Å². The first-order valence-corrected chi connectivity index (χ1v) is 25.5. The fourth-order valence-corrected chi connectivity index (χ4v) is 10.6. The number of esters is 1. The van der Waals surface area contributed by atoms with Gasteiger partial charge in [0, 0.05) is 91.0 Å². The summed E-state index contributed by atoms with van der Waals surface area (Å²) in [7, 11) is 1.92. The van der Waals surface area contributed by atoms with E-state index in [9.17, 15) is 24.0 Å². The molecule has 4 aromatic carbocycles. The molecular weight excluding hydrogens is 934 g/mol. The van der Waals surface area contributed by atoms with Crippen molar-refractivity contribution in [2.45, 2.75) is 112 Å². The van der Waals surface area contributed by atoms with Gasteiger partial charge in [0.2, 0.25) is 11.8 Å². The molecule has 16 heteroatoms. The van der Waals surface area contributed by atoms with Crippen molar-refractivity contribution in [2.24, 2.45) is 7.05 Å². The topological polar surface area (TPSA) is 158 Å². The van der Waals surface area contributed by atoms with Crippen LogP contribution < -0.4 is 14.8 Å². The second kappa shape index (κ2) is 21.6. The molecule has 0 aliphatic carbocycles. The van der Waals surface area contributed by atoms with Gasteiger partial charge in [0.25, 0.3) is 11.8 Å². The number of nitrogens with one attached hydrogen (secondary N) is 1. The number of hydrogen-bond donors (Lipinski definition) is 1. The van der Waals surface area contributed by atoms with Crippen molar-refractivity contribution in [1.82, 2.24) is 34.4 Å². The lowest BCUT2D eigenvalue weighted by atomic mass is 9.98. The Labute approximate surface area is 426 Å². The van der Waals surface area contributed by atoms with E-state index in [2.05, 4.69) is 39.9 Å². The molecule has 72 heavy (non-hydrogen) atoms. The minimum atomic E-state index is -0.765. The first-order chi connectivity index (χ1) is 34.5. The van der Waals surface area contributed by atoms with E-state index in [1.807, 2.05) is 96.6 Å². The number of carbonyl (C=O) groups is 5. The molecule has 4 amide bonds. The summed E-state index contributed by atoms with van der Waals surface area (Å²) >= 11 is 7.23. The normalized spacial score (nSPS) is 17.2. The van der Waals surface area contributed by atoms with Crippen molar-refractivity contribution in [2.75, 3.05) is 39.4 Å². The minimum Gasteiger partial charge on any atom is -0.493 e. The van der Waals surface area contributed by atoms with Gasteiger partial charge >= 0.3 is 5.97 Å². The van der Waals surface area contributed by atoms with Gasteiger partial charge in [-0.15, -0.1) is 0 Å². The highest BCUT2D eigenvalue weighted by atomic mass is 35.5. The van der Waals surface area contributed by atoms with E-state index in [-0.39, 0.29) is 49.8 Å². The molecule has 0 radical (unpaired) electrons. The monoisotopic (exact) mass is 999 g/mol. The summed E-state index contributed by atoms with van der Waals surface area (Å²) in [4.78, 5) is 71.9. The number of aromatic nitrogens is 3. The highest BCUT2D eigenvalue weighted by Crippen LogP contribution is 2.43. The summed E-state index contributed by atoms with van der Waals surface area (Å²) in [6.07, 6.45) is 1.57. The fourth-order valence-electron chi connectivity index (χ4n) is 10.4. The summed E-state index contributed by atoms with van der Waals surface area (Å²) < 4.78 is 22.7. The molecule has 3 aliphatic rings. The van der Waals surface area contributed by atoms with Crippen LogP contribution in [0.3, 0.4) is 0 Å². The third-order valence-electron chi connectivity index (χ3n) is 13.8. The van der Waals surface area contributed by atoms with Gasteiger partial charge in [-0.2, -0.15) is 5.10 Å². The molecule has 5 heterocycles. The zero-order valence-corrected chi connectivity index (χ0v) is 43.7. The van der Waals surface area contributed by atoms with Crippen LogP contribution in [-0.4, -0.2) is 116 Å². The van der Waals surface area contributed by atoms with E-state index < -0.39 is 23.5 Å². The highest BCUT2D eigenvalue weighted by molar-refractivity contribution is 6.35. The van der Waals surface area contributed by atoms with E-state index in [0.29, 0.717) is 79.8 Å². The number of ether oxygens (including phenoxy) is 3. The van der Waals surface area contributed by atoms with Gasteiger partial charge in [0.1, 0.15) is 28.8 Å². The van der Waals surface area contributed by atoms with Gasteiger partial charge < -0.3 is 28.6 Å². The summed E-state index contributed by atoms with van der Waals surface area (Å²) in [6.45, 7) is 18.5. The van der Waals surface area contributed by atoms with Crippen LogP contribution in [0.2, 0.25) is 5.02 Å². The lowest BCUT2D eigenvalue weighted by Gasteiger charge is -2.40. The number of rotatable bonds is 14. The largest absolute Gasteiger partial charge is 0.493 e. The second-order valence-corrected chi connectivity index (χ2v) is 20.0. The number of benzene rings is 4. The van der Waals surface area contributed by atoms with Crippen LogP contribution >= 0.6 is 11.6 Å². The van der Waals surface area contributed by atoms with Gasteiger partial charge in [-0.05, 0) is 96.0 Å². The lowest BCUT2D eigenvalue weighted by Crippen LogP contribution is -2.55. The van der Waals surface area contributed by atoms with Crippen molar-refractivity contribution in [3.8, 4) is 22.6 Å². The predicted octanol–water partition coefficient (Wildman–Crippen LogP) is 8.83. The first-order valence-electron chi connectivity index (χ1n) is 25.1. The molecule has 1 N–H and O–H groups in total. The molecule has 9 rings (SSSR count). The summed E-state index contributed by atoms with van der Waals surface area (Å²) in [5, 5.41) is 10.7. The molecule has 0 saturated carbocycles. The smallest absolute Gasteiger partial charge is 0.355 e. The van der Waals surface area contributed by atoms with Gasteiger partial charge in [-0.25, -0.2) is 4.79 Å². The molecule has 2 aromatic heterocycles. The maximum absolute atomic E-state index is 14.7. The van der Waals surface area contributed by atoms with E-state index in [1.54, 1.807) is 23.1 Å². The van der Waals surface area contributed by atoms with Gasteiger partial charge in [0.05, 0.1) is 29.4 Å². The second-order valence-electron chi connectivity index (χ2n) is 19.6. The SMILES string of the molecule is CC.Cc1nn(C)c(C)c1-c1c(Cl)ccc2c(CCCOc3cccc4ccccc34)c(C(=O)OC(C)(C)C)n(CCN3CCN(C(=O)COc4cccc5c4CN(C4CCC(=O)NC4=O)C5=O)CC3C)c12. The zero-order valence-electron chi connectivity index (χ0n) is 42.9. The number of imide groups is 1. The molecule has 2 fully saturated rings. The zero-order chi connectivity index (χ0) is 51.6. The van der Waals surface area contributed by atoms with Crippen molar-refractivity contribution >= 4 is 62.9 Å². The number of carbonyl (C=O) groups excluding carboxylic acids is 5. The Morgan fingerprint density at radius 1 is 0.875 bits per heavy atom. The van der Waals surface area contributed by atoms with Crippen molar-refractivity contribution in [3.05, 3.63) is 112 Å². The van der Waals surface area contributed by atoms with Crippen molar-refractivity contribution < 1.29 is 38.2 Å². The molecule has 2 atom stereocenters. The first kappa shape index (κ1) is 51.6. The molecule has 380 valence electrons. The molecule has 2 unspecified atom stereocenters. The van der Waals surface area contributed by atoms with Crippen LogP contribution in [0.25, 0.3) is 32.8 Å². The van der Waals surface area contributed by atoms with Crippen LogP contribution in [0, 0.1) is 13.8 Å². The number of nitrogens with zero attached hydrogens (tertiary/aromatic N) is 6. The van der Waals surface area contributed by atoms with E-state index in [0.717, 1.165) is 55.5 Å². The Balaban J connectivity index is 0.00000342.